The Hall–Kier alpha value is -1.13. The van der Waals surface area contributed by atoms with Gasteiger partial charge in [-0.1, -0.05) is 23.7 Å². The molecule has 2 rings (SSSR count). The molecule has 0 aliphatic heterocycles. The zero-order chi connectivity index (χ0) is 13.1. The zero-order valence-electron chi connectivity index (χ0n) is 9.18. The highest BCUT2D eigenvalue weighted by atomic mass is 79.9. The van der Waals surface area contributed by atoms with E-state index in [-0.39, 0.29) is 5.82 Å². The van der Waals surface area contributed by atoms with Gasteiger partial charge in [-0.25, -0.2) is 8.78 Å². The van der Waals surface area contributed by atoms with Crippen molar-refractivity contribution in [3.8, 4) is 0 Å². The normalized spacial score (nSPS) is 10.4. The lowest BCUT2D eigenvalue weighted by atomic mass is 10.2. The first-order valence-corrected chi connectivity index (χ1v) is 6.36. The predicted octanol–water partition coefficient (Wildman–Crippen LogP) is 4.99. The van der Waals surface area contributed by atoms with Gasteiger partial charge in [-0.2, -0.15) is 0 Å². The van der Waals surface area contributed by atoms with Crippen LogP contribution in [0, 0.1) is 11.6 Å². The highest BCUT2D eigenvalue weighted by Crippen LogP contribution is 2.31. The molecule has 0 atom stereocenters. The standard InChI is InChI=1S/C13H9BrClF2N/c14-11-5-10(17)6-12(15)13(11)18-7-8-1-3-9(16)4-2-8/h1-6,18H,7H2. The molecule has 0 amide bonds. The number of anilines is 1. The fourth-order valence-electron chi connectivity index (χ4n) is 1.50. The molecule has 0 radical (unpaired) electrons. The Balaban J connectivity index is 2.13. The molecule has 2 aromatic carbocycles. The summed E-state index contributed by atoms with van der Waals surface area (Å²) in [6.45, 7) is 0.476. The van der Waals surface area contributed by atoms with Crippen LogP contribution in [0.3, 0.4) is 0 Å². The molecule has 1 nitrogen and oxygen atoms in total. The van der Waals surface area contributed by atoms with Gasteiger partial charge in [-0.3, -0.25) is 0 Å². The average Bonchev–Trinajstić information content (AvgIpc) is 2.30. The van der Waals surface area contributed by atoms with Crippen molar-refractivity contribution < 1.29 is 8.78 Å². The molecule has 0 heterocycles. The molecule has 2 aromatic rings. The Kier molecular flexibility index (Phi) is 4.19. The smallest absolute Gasteiger partial charge is 0.125 e. The number of benzene rings is 2. The fraction of sp³-hybridized carbons (Fsp3) is 0.0769. The minimum Gasteiger partial charge on any atom is -0.379 e. The summed E-state index contributed by atoms with van der Waals surface area (Å²) >= 11 is 9.17. The van der Waals surface area contributed by atoms with Crippen LogP contribution in [0.5, 0.6) is 0 Å². The molecule has 0 unspecified atom stereocenters. The first kappa shape index (κ1) is 13.3. The largest absolute Gasteiger partial charge is 0.379 e. The molecule has 0 saturated heterocycles. The maximum absolute atomic E-state index is 13.0. The van der Waals surface area contributed by atoms with E-state index in [0.717, 1.165) is 5.56 Å². The highest BCUT2D eigenvalue weighted by molar-refractivity contribution is 9.10. The summed E-state index contributed by atoms with van der Waals surface area (Å²) in [5.74, 6) is -0.682. The van der Waals surface area contributed by atoms with E-state index in [1.165, 1.54) is 24.3 Å². The zero-order valence-corrected chi connectivity index (χ0v) is 11.5. The Morgan fingerprint density at radius 2 is 1.72 bits per heavy atom. The van der Waals surface area contributed by atoms with E-state index in [1.807, 2.05) is 0 Å². The third kappa shape index (κ3) is 3.21. The van der Waals surface area contributed by atoms with Gasteiger partial charge in [0.15, 0.2) is 0 Å². The van der Waals surface area contributed by atoms with Crippen molar-refractivity contribution in [2.75, 3.05) is 5.32 Å². The highest BCUT2D eigenvalue weighted by Gasteiger charge is 2.07. The summed E-state index contributed by atoms with van der Waals surface area (Å²) in [4.78, 5) is 0. The molecule has 94 valence electrons. The molecular formula is C13H9BrClF2N. The van der Waals surface area contributed by atoms with Gasteiger partial charge in [-0.15, -0.1) is 0 Å². The quantitative estimate of drug-likeness (QED) is 0.834. The molecule has 0 aliphatic rings. The summed E-state index contributed by atoms with van der Waals surface area (Å²) in [5, 5.41) is 3.37. The van der Waals surface area contributed by atoms with E-state index < -0.39 is 5.82 Å². The summed E-state index contributed by atoms with van der Waals surface area (Å²) in [5.41, 5.74) is 1.52. The minimum absolute atomic E-state index is 0.278. The van der Waals surface area contributed by atoms with E-state index in [2.05, 4.69) is 21.2 Å². The SMILES string of the molecule is Fc1ccc(CNc2c(Cl)cc(F)cc2Br)cc1. The first-order valence-electron chi connectivity index (χ1n) is 5.19. The van der Waals surface area contributed by atoms with Crippen LogP contribution in [0.2, 0.25) is 5.02 Å². The van der Waals surface area contributed by atoms with Gasteiger partial charge in [0.1, 0.15) is 11.6 Å². The Bertz CT molecular complexity index is 534. The van der Waals surface area contributed by atoms with Crippen molar-refractivity contribution in [3.05, 3.63) is 63.1 Å². The molecule has 18 heavy (non-hydrogen) atoms. The first-order chi connectivity index (χ1) is 8.56. The van der Waals surface area contributed by atoms with Crippen LogP contribution in [0.1, 0.15) is 5.56 Å². The summed E-state index contributed by atoms with van der Waals surface area (Å²) in [6.07, 6.45) is 0. The van der Waals surface area contributed by atoms with Crippen molar-refractivity contribution in [2.24, 2.45) is 0 Å². The second-order valence-electron chi connectivity index (χ2n) is 3.72. The summed E-state index contributed by atoms with van der Waals surface area (Å²) < 4.78 is 26.3. The molecule has 0 aromatic heterocycles. The van der Waals surface area contributed by atoms with Gasteiger partial charge >= 0.3 is 0 Å². The lowest BCUT2D eigenvalue weighted by molar-refractivity contribution is 0.626. The van der Waals surface area contributed by atoms with E-state index >= 15 is 0 Å². The Labute approximate surface area is 117 Å². The van der Waals surface area contributed by atoms with Crippen LogP contribution in [-0.2, 0) is 6.54 Å². The van der Waals surface area contributed by atoms with Crippen LogP contribution in [0.15, 0.2) is 40.9 Å². The van der Waals surface area contributed by atoms with E-state index in [4.69, 9.17) is 11.6 Å². The van der Waals surface area contributed by atoms with Crippen molar-refractivity contribution in [1.82, 2.24) is 0 Å². The van der Waals surface area contributed by atoms with Gasteiger partial charge in [0, 0.05) is 11.0 Å². The molecule has 0 spiro atoms. The summed E-state index contributed by atoms with van der Waals surface area (Å²) in [7, 11) is 0. The Morgan fingerprint density at radius 1 is 1.06 bits per heavy atom. The lowest BCUT2D eigenvalue weighted by Gasteiger charge is -2.10. The number of hydrogen-bond acceptors (Lipinski definition) is 1. The summed E-state index contributed by atoms with van der Waals surface area (Å²) in [6, 6.07) is 8.69. The maximum atomic E-state index is 13.0. The van der Waals surface area contributed by atoms with Crippen LogP contribution in [0.25, 0.3) is 0 Å². The second kappa shape index (κ2) is 5.67. The van der Waals surface area contributed by atoms with Gasteiger partial charge in [0.25, 0.3) is 0 Å². The van der Waals surface area contributed by atoms with Crippen LogP contribution >= 0.6 is 27.5 Å². The van der Waals surface area contributed by atoms with Gasteiger partial charge in [0.05, 0.1) is 10.7 Å². The predicted molar refractivity (Wildman–Crippen MR) is 72.8 cm³/mol. The van der Waals surface area contributed by atoms with E-state index in [9.17, 15) is 8.78 Å². The number of nitrogens with one attached hydrogen (secondary N) is 1. The fourth-order valence-corrected chi connectivity index (χ4v) is 2.46. The average molecular weight is 333 g/mol. The molecule has 0 bridgehead atoms. The van der Waals surface area contributed by atoms with Crippen molar-refractivity contribution in [1.29, 1.82) is 0 Å². The van der Waals surface area contributed by atoms with E-state index in [0.29, 0.717) is 21.7 Å². The topological polar surface area (TPSA) is 12.0 Å². The lowest BCUT2D eigenvalue weighted by Crippen LogP contribution is -2.01. The maximum Gasteiger partial charge on any atom is 0.125 e. The van der Waals surface area contributed by atoms with Gasteiger partial charge in [0.2, 0.25) is 0 Å². The number of rotatable bonds is 3. The molecular weight excluding hydrogens is 324 g/mol. The molecule has 0 aliphatic carbocycles. The molecule has 0 saturated carbocycles. The molecule has 5 heteroatoms. The second-order valence-corrected chi connectivity index (χ2v) is 4.99. The van der Waals surface area contributed by atoms with Crippen molar-refractivity contribution in [2.45, 2.75) is 6.54 Å². The minimum atomic E-state index is -0.404. The molecule has 1 N–H and O–H groups in total. The number of hydrogen-bond donors (Lipinski definition) is 1. The van der Waals surface area contributed by atoms with Crippen molar-refractivity contribution >= 4 is 33.2 Å². The van der Waals surface area contributed by atoms with E-state index in [1.54, 1.807) is 12.1 Å². The third-order valence-electron chi connectivity index (χ3n) is 2.39. The van der Waals surface area contributed by atoms with Gasteiger partial charge < -0.3 is 5.32 Å². The molecule has 0 fully saturated rings. The van der Waals surface area contributed by atoms with Crippen LogP contribution in [0.4, 0.5) is 14.5 Å². The third-order valence-corrected chi connectivity index (χ3v) is 3.31. The van der Waals surface area contributed by atoms with Crippen LogP contribution in [-0.4, -0.2) is 0 Å². The Morgan fingerprint density at radius 3 is 2.33 bits per heavy atom. The van der Waals surface area contributed by atoms with Crippen molar-refractivity contribution in [3.63, 3.8) is 0 Å². The van der Waals surface area contributed by atoms with Gasteiger partial charge in [-0.05, 0) is 45.8 Å². The number of halogens is 4. The monoisotopic (exact) mass is 331 g/mol. The van der Waals surface area contributed by atoms with Crippen LogP contribution < -0.4 is 5.32 Å².